The van der Waals surface area contributed by atoms with E-state index in [1.54, 1.807) is 19.2 Å². The van der Waals surface area contributed by atoms with Crippen molar-refractivity contribution in [3.8, 4) is 28.4 Å². The van der Waals surface area contributed by atoms with Crippen LogP contribution < -0.4 is 35.6 Å². The molecule has 1 aliphatic rings. The molecule has 2 aromatic rings. The third-order valence-corrected chi connectivity index (χ3v) is 8.14. The highest BCUT2D eigenvalue weighted by Gasteiger charge is 2.32. The van der Waals surface area contributed by atoms with Crippen molar-refractivity contribution >= 4 is 23.5 Å². The maximum absolute atomic E-state index is 13.8. The molecule has 0 bridgehead atoms. The van der Waals surface area contributed by atoms with Gasteiger partial charge in [0, 0.05) is 12.5 Å². The van der Waals surface area contributed by atoms with Crippen molar-refractivity contribution < 1.29 is 33.3 Å². The molecular weight excluding hydrogens is 566 g/mol. The summed E-state index contributed by atoms with van der Waals surface area (Å²) >= 11 is 0. The van der Waals surface area contributed by atoms with E-state index in [4.69, 9.17) is 18.9 Å². The Morgan fingerprint density at radius 1 is 0.955 bits per heavy atom. The molecule has 0 saturated heterocycles. The van der Waals surface area contributed by atoms with Crippen molar-refractivity contribution in [2.75, 3.05) is 33.8 Å². The maximum atomic E-state index is 13.8. The number of nitrogens with one attached hydrogen (secondary N) is 3. The van der Waals surface area contributed by atoms with Crippen LogP contribution in [0.15, 0.2) is 29.1 Å². The number of rotatable bonds is 12. The fraction of sp³-hybridized carbons (Fsp3) is 0.515. The van der Waals surface area contributed by atoms with E-state index in [1.165, 1.54) is 34.3 Å². The summed E-state index contributed by atoms with van der Waals surface area (Å²) in [4.78, 5) is 52.0. The number of hydrogen-bond donors (Lipinski definition) is 3. The summed E-state index contributed by atoms with van der Waals surface area (Å²) in [7, 11) is 5.89. The van der Waals surface area contributed by atoms with E-state index in [2.05, 4.69) is 16.0 Å². The van der Waals surface area contributed by atoms with Crippen LogP contribution in [-0.2, 0) is 25.5 Å². The Balaban J connectivity index is 2.21. The molecule has 3 N–H and O–H groups in total. The van der Waals surface area contributed by atoms with E-state index < -0.39 is 30.0 Å². The Labute approximate surface area is 259 Å². The van der Waals surface area contributed by atoms with E-state index in [1.807, 2.05) is 33.8 Å². The lowest BCUT2D eigenvalue weighted by Gasteiger charge is -2.27. The number of methoxy groups -OCH3 is 4. The van der Waals surface area contributed by atoms with E-state index in [9.17, 15) is 19.2 Å². The molecule has 240 valence electrons. The number of hydrogen-bond acceptors (Lipinski definition) is 9. The van der Waals surface area contributed by atoms with Gasteiger partial charge in [-0.15, -0.1) is 0 Å². The molecule has 2 amide bonds. The quantitative estimate of drug-likeness (QED) is 0.304. The second-order valence-electron chi connectivity index (χ2n) is 11.4. The van der Waals surface area contributed by atoms with Gasteiger partial charge in [0.05, 0.1) is 40.2 Å². The van der Waals surface area contributed by atoms with Gasteiger partial charge in [-0.05, 0) is 59.6 Å². The maximum Gasteiger partial charge on any atom is 0.328 e. The standard InChI is InChI=1S/C33H45N3O8/c1-10-18(4)29(32(39)36-28(17(2)3)33(40)44-9)35-24-14-12-21-22(16-25(24)38)23(34-19(5)37)13-11-20-15-26(41-6)30(42-7)31(43-8)27(20)21/h12,14-18,23,28-29H,10-11,13H2,1-9H3,(H,34,37)(H,35,38)(H,36,39). The number of esters is 1. The molecule has 1 aliphatic carbocycles. The van der Waals surface area contributed by atoms with Crippen molar-refractivity contribution in [2.24, 2.45) is 11.8 Å². The zero-order chi connectivity index (χ0) is 32.7. The monoisotopic (exact) mass is 611 g/mol. The lowest BCUT2D eigenvalue weighted by atomic mass is 9.95. The molecule has 0 radical (unpaired) electrons. The average Bonchev–Trinajstić information content (AvgIpc) is 3.24. The van der Waals surface area contributed by atoms with Gasteiger partial charge in [0.15, 0.2) is 11.5 Å². The lowest BCUT2D eigenvalue weighted by Crippen LogP contribution is -2.52. The predicted octanol–water partition coefficient (Wildman–Crippen LogP) is 4.00. The highest BCUT2D eigenvalue weighted by atomic mass is 16.5. The molecule has 11 nitrogen and oxygen atoms in total. The fourth-order valence-electron chi connectivity index (χ4n) is 5.56. The van der Waals surface area contributed by atoms with Crippen LogP contribution in [0.25, 0.3) is 11.1 Å². The van der Waals surface area contributed by atoms with Gasteiger partial charge in [-0.2, -0.15) is 0 Å². The average molecular weight is 612 g/mol. The van der Waals surface area contributed by atoms with Crippen molar-refractivity contribution in [3.05, 3.63) is 45.6 Å². The van der Waals surface area contributed by atoms with Crippen molar-refractivity contribution in [1.82, 2.24) is 10.6 Å². The molecule has 4 atom stereocenters. The molecule has 0 saturated carbocycles. The van der Waals surface area contributed by atoms with Crippen LogP contribution in [0.3, 0.4) is 0 Å². The minimum atomic E-state index is -0.843. The Morgan fingerprint density at radius 2 is 1.64 bits per heavy atom. The van der Waals surface area contributed by atoms with Gasteiger partial charge < -0.3 is 34.9 Å². The number of carbonyl (C=O) groups is 3. The van der Waals surface area contributed by atoms with Gasteiger partial charge in [-0.1, -0.05) is 40.2 Å². The number of fused-ring (bicyclic) bond motifs is 3. The molecule has 4 unspecified atom stereocenters. The molecule has 0 spiro atoms. The predicted molar refractivity (Wildman–Crippen MR) is 168 cm³/mol. The molecular formula is C33H45N3O8. The van der Waals surface area contributed by atoms with Crippen molar-refractivity contribution in [3.63, 3.8) is 0 Å². The summed E-state index contributed by atoms with van der Waals surface area (Å²) in [5.74, 6) is -0.236. The van der Waals surface area contributed by atoms with E-state index >= 15 is 0 Å². The number of amides is 2. The van der Waals surface area contributed by atoms with Crippen LogP contribution in [0.4, 0.5) is 5.69 Å². The highest BCUT2D eigenvalue weighted by molar-refractivity contribution is 5.90. The molecule has 0 fully saturated rings. The van der Waals surface area contributed by atoms with Gasteiger partial charge in [0.2, 0.25) is 23.0 Å². The van der Waals surface area contributed by atoms with E-state index in [-0.39, 0.29) is 28.9 Å². The third-order valence-electron chi connectivity index (χ3n) is 8.14. The first-order chi connectivity index (χ1) is 20.9. The second kappa shape index (κ2) is 14.9. The van der Waals surface area contributed by atoms with Crippen molar-refractivity contribution in [1.29, 1.82) is 0 Å². The number of ether oxygens (including phenoxy) is 4. The van der Waals surface area contributed by atoms with Crippen LogP contribution >= 0.6 is 0 Å². The topological polar surface area (TPSA) is 141 Å². The van der Waals surface area contributed by atoms with Crippen molar-refractivity contribution in [2.45, 2.75) is 72.0 Å². The van der Waals surface area contributed by atoms with Crippen LogP contribution in [0.1, 0.15) is 64.6 Å². The largest absolute Gasteiger partial charge is 0.493 e. The van der Waals surface area contributed by atoms with Gasteiger partial charge >= 0.3 is 5.97 Å². The minimum absolute atomic E-state index is 0.187. The Hall–Kier alpha value is -4.28. The van der Waals surface area contributed by atoms with Gasteiger partial charge in [-0.25, -0.2) is 4.79 Å². The Bertz CT molecular complexity index is 1440. The third kappa shape index (κ3) is 7.26. The van der Waals surface area contributed by atoms with Gasteiger partial charge in [-0.3, -0.25) is 14.4 Å². The second-order valence-corrected chi connectivity index (χ2v) is 11.4. The molecule has 0 heterocycles. The molecule has 11 heteroatoms. The normalized spacial score (nSPS) is 15.8. The number of anilines is 1. The summed E-state index contributed by atoms with van der Waals surface area (Å²) in [6, 6.07) is 4.69. The smallest absolute Gasteiger partial charge is 0.328 e. The van der Waals surface area contributed by atoms with Gasteiger partial charge in [0.25, 0.3) is 0 Å². The summed E-state index contributed by atoms with van der Waals surface area (Å²) < 4.78 is 22.0. The first-order valence-corrected chi connectivity index (χ1v) is 14.8. The molecule has 2 aromatic carbocycles. The first-order valence-electron chi connectivity index (χ1n) is 14.8. The number of aryl methyl sites for hydroxylation is 1. The highest BCUT2D eigenvalue weighted by Crippen LogP contribution is 2.50. The van der Waals surface area contributed by atoms with Crippen LogP contribution in [0, 0.1) is 11.8 Å². The van der Waals surface area contributed by atoms with E-state index in [0.29, 0.717) is 47.6 Å². The molecule has 0 aromatic heterocycles. The number of carbonyl (C=O) groups excluding carboxylic acids is 3. The van der Waals surface area contributed by atoms with Crippen LogP contribution in [0.5, 0.6) is 17.2 Å². The van der Waals surface area contributed by atoms with Crippen LogP contribution in [0.2, 0.25) is 0 Å². The summed E-state index contributed by atoms with van der Waals surface area (Å²) in [5, 5.41) is 8.97. The minimum Gasteiger partial charge on any atom is -0.493 e. The zero-order valence-electron chi connectivity index (χ0n) is 27.1. The molecule has 0 aliphatic heterocycles. The summed E-state index contributed by atoms with van der Waals surface area (Å²) in [6.07, 6.45) is 1.73. The summed E-state index contributed by atoms with van der Waals surface area (Å²) in [5.41, 5.74) is 2.75. The zero-order valence-corrected chi connectivity index (χ0v) is 27.1. The van der Waals surface area contributed by atoms with Gasteiger partial charge in [0.1, 0.15) is 12.1 Å². The summed E-state index contributed by atoms with van der Waals surface area (Å²) in [6.45, 7) is 8.91. The number of benzene rings is 1. The lowest BCUT2D eigenvalue weighted by molar-refractivity contribution is -0.146. The fourth-order valence-corrected chi connectivity index (χ4v) is 5.56. The Kier molecular flexibility index (Phi) is 11.6. The van der Waals surface area contributed by atoms with E-state index in [0.717, 1.165) is 11.1 Å². The Morgan fingerprint density at radius 3 is 2.18 bits per heavy atom. The molecule has 44 heavy (non-hydrogen) atoms. The van der Waals surface area contributed by atoms with Crippen LogP contribution in [-0.4, -0.2) is 58.3 Å². The first kappa shape index (κ1) is 34.2. The SMILES string of the molecule is CCC(C)C(Nc1ccc2c(cc1=O)C(NC(C)=O)CCc1cc(OC)c(OC)c(OC)c1-2)C(=O)NC(C(=O)OC)C(C)C. The molecule has 3 rings (SSSR count).